The van der Waals surface area contributed by atoms with Crippen LogP contribution in [0.2, 0.25) is 0 Å². The number of hydrogen-bond acceptors (Lipinski definition) is 4. The third-order valence-electron chi connectivity index (χ3n) is 2.66. The smallest absolute Gasteiger partial charge is 0.310 e. The molecule has 1 saturated heterocycles. The third kappa shape index (κ3) is 2.92. The highest BCUT2D eigenvalue weighted by Gasteiger charge is 2.29. The van der Waals surface area contributed by atoms with E-state index in [1.807, 2.05) is 0 Å². The number of nitrogens with zero attached hydrogens (tertiary/aromatic N) is 1. The minimum Gasteiger partial charge on any atom is -0.469 e. The highest BCUT2D eigenvalue weighted by molar-refractivity contribution is 5.82. The molecule has 1 fully saturated rings. The van der Waals surface area contributed by atoms with E-state index in [-0.39, 0.29) is 17.8 Å². The molecule has 0 bridgehead atoms. The second-order valence-corrected chi connectivity index (χ2v) is 3.94. The molecule has 0 unspecified atom stereocenters. The molecule has 0 aromatic carbocycles. The molecule has 0 aromatic heterocycles. The van der Waals surface area contributed by atoms with Crippen LogP contribution in [0.5, 0.6) is 0 Å². The first-order valence-electron chi connectivity index (χ1n) is 5.18. The van der Waals surface area contributed by atoms with Crippen LogP contribution in [0.15, 0.2) is 0 Å². The Hall–Kier alpha value is -1.10. The van der Waals surface area contributed by atoms with Crippen LogP contribution in [0, 0.1) is 5.92 Å². The van der Waals surface area contributed by atoms with Crippen molar-refractivity contribution in [3.8, 4) is 0 Å². The van der Waals surface area contributed by atoms with E-state index in [1.165, 1.54) is 7.11 Å². The Balaban J connectivity index is 2.56. The summed E-state index contributed by atoms with van der Waals surface area (Å²) in [5.74, 6) is -0.521. The first-order valence-corrected chi connectivity index (χ1v) is 5.18. The summed E-state index contributed by atoms with van der Waals surface area (Å²) >= 11 is 0. The van der Waals surface area contributed by atoms with E-state index < -0.39 is 6.04 Å². The molecule has 1 aliphatic heterocycles. The Morgan fingerprint density at radius 2 is 2.20 bits per heavy atom. The number of ether oxygens (including phenoxy) is 1. The maximum absolute atomic E-state index is 11.6. The lowest BCUT2D eigenvalue weighted by molar-refractivity contribution is -0.149. The number of rotatable bonds is 2. The van der Waals surface area contributed by atoms with Gasteiger partial charge in [0.2, 0.25) is 5.91 Å². The highest BCUT2D eigenvalue weighted by Crippen LogP contribution is 2.18. The van der Waals surface area contributed by atoms with E-state index in [1.54, 1.807) is 11.8 Å². The molecule has 5 nitrogen and oxygen atoms in total. The summed E-state index contributed by atoms with van der Waals surface area (Å²) in [5.41, 5.74) is 5.51. The molecule has 2 atom stereocenters. The minimum absolute atomic E-state index is 0.0939. The summed E-state index contributed by atoms with van der Waals surface area (Å²) in [6, 6.07) is -0.499. The molecule has 0 aliphatic carbocycles. The van der Waals surface area contributed by atoms with Crippen molar-refractivity contribution in [2.75, 3.05) is 20.2 Å². The van der Waals surface area contributed by atoms with Crippen LogP contribution in [-0.2, 0) is 14.3 Å². The van der Waals surface area contributed by atoms with Crippen LogP contribution in [0.25, 0.3) is 0 Å². The topological polar surface area (TPSA) is 72.6 Å². The van der Waals surface area contributed by atoms with Gasteiger partial charge >= 0.3 is 5.97 Å². The standard InChI is InChI=1S/C10H18N2O3/c1-7(11)9(13)12-5-3-4-8(6-12)10(14)15-2/h7-8H,3-6,11H2,1-2H3/t7-,8+/m0/s1. The number of methoxy groups -OCH3 is 1. The van der Waals surface area contributed by atoms with E-state index in [4.69, 9.17) is 5.73 Å². The maximum atomic E-state index is 11.6. The summed E-state index contributed by atoms with van der Waals surface area (Å²) in [6.07, 6.45) is 1.62. The zero-order valence-corrected chi connectivity index (χ0v) is 9.23. The van der Waals surface area contributed by atoms with Gasteiger partial charge in [-0.15, -0.1) is 0 Å². The number of nitrogens with two attached hydrogens (primary N) is 1. The van der Waals surface area contributed by atoms with Crippen LogP contribution in [0.4, 0.5) is 0 Å². The SMILES string of the molecule is COC(=O)[C@@H]1CCCN(C(=O)[C@H](C)N)C1. The number of piperidine rings is 1. The fourth-order valence-electron chi connectivity index (χ4n) is 1.82. The zero-order valence-electron chi connectivity index (χ0n) is 9.23. The van der Waals surface area contributed by atoms with Gasteiger partial charge in [0.1, 0.15) is 0 Å². The van der Waals surface area contributed by atoms with Crippen molar-refractivity contribution < 1.29 is 14.3 Å². The van der Waals surface area contributed by atoms with Gasteiger partial charge in [-0.2, -0.15) is 0 Å². The lowest BCUT2D eigenvalue weighted by Gasteiger charge is -2.32. The molecule has 2 N–H and O–H groups in total. The van der Waals surface area contributed by atoms with Gasteiger partial charge in [-0.3, -0.25) is 9.59 Å². The molecule has 0 aromatic rings. The van der Waals surface area contributed by atoms with Crippen LogP contribution < -0.4 is 5.73 Å². The van der Waals surface area contributed by atoms with Crippen molar-refractivity contribution in [3.63, 3.8) is 0 Å². The Bertz CT molecular complexity index is 253. The van der Waals surface area contributed by atoms with Crippen LogP contribution in [0.3, 0.4) is 0 Å². The highest BCUT2D eigenvalue weighted by atomic mass is 16.5. The van der Waals surface area contributed by atoms with E-state index in [9.17, 15) is 9.59 Å². The largest absolute Gasteiger partial charge is 0.469 e. The summed E-state index contributed by atoms with van der Waals surface area (Å²) in [6.45, 7) is 2.78. The predicted octanol–water partition coefficient (Wildman–Crippen LogP) is -0.255. The van der Waals surface area contributed by atoms with Crippen molar-refractivity contribution in [3.05, 3.63) is 0 Å². The van der Waals surface area contributed by atoms with Crippen molar-refractivity contribution >= 4 is 11.9 Å². The maximum Gasteiger partial charge on any atom is 0.310 e. The molecular formula is C10H18N2O3. The number of amides is 1. The summed E-state index contributed by atoms with van der Waals surface area (Å²) in [4.78, 5) is 24.6. The number of hydrogen-bond donors (Lipinski definition) is 1. The molecule has 15 heavy (non-hydrogen) atoms. The second kappa shape index (κ2) is 5.11. The average molecular weight is 214 g/mol. The van der Waals surface area contributed by atoms with Crippen molar-refractivity contribution in [1.29, 1.82) is 0 Å². The van der Waals surface area contributed by atoms with Crippen molar-refractivity contribution in [2.24, 2.45) is 11.7 Å². The molecule has 1 amide bonds. The van der Waals surface area contributed by atoms with Gasteiger partial charge in [0.25, 0.3) is 0 Å². The molecule has 0 saturated carbocycles. The monoisotopic (exact) mass is 214 g/mol. The third-order valence-corrected chi connectivity index (χ3v) is 2.66. The fraction of sp³-hybridized carbons (Fsp3) is 0.800. The Morgan fingerprint density at radius 1 is 1.53 bits per heavy atom. The predicted molar refractivity (Wildman–Crippen MR) is 55.0 cm³/mol. The molecular weight excluding hydrogens is 196 g/mol. The lowest BCUT2D eigenvalue weighted by Crippen LogP contribution is -2.48. The van der Waals surface area contributed by atoms with Gasteiger partial charge < -0.3 is 15.4 Å². The molecule has 1 aliphatic rings. The zero-order chi connectivity index (χ0) is 11.4. The summed E-state index contributed by atoms with van der Waals surface area (Å²) in [5, 5.41) is 0. The first-order chi connectivity index (χ1) is 7.06. The van der Waals surface area contributed by atoms with Crippen LogP contribution >= 0.6 is 0 Å². The molecule has 5 heteroatoms. The Morgan fingerprint density at radius 3 is 2.73 bits per heavy atom. The molecule has 1 rings (SSSR count). The van der Waals surface area contributed by atoms with E-state index in [0.29, 0.717) is 13.1 Å². The van der Waals surface area contributed by atoms with Gasteiger partial charge in [-0.05, 0) is 19.8 Å². The second-order valence-electron chi connectivity index (χ2n) is 3.94. The quantitative estimate of drug-likeness (QED) is 0.643. The van der Waals surface area contributed by atoms with E-state index in [2.05, 4.69) is 4.74 Å². The number of carbonyl (C=O) groups is 2. The van der Waals surface area contributed by atoms with Gasteiger partial charge in [0.05, 0.1) is 19.1 Å². The average Bonchev–Trinajstić information content (AvgIpc) is 2.27. The lowest BCUT2D eigenvalue weighted by atomic mass is 9.98. The first kappa shape index (κ1) is 12.0. The number of carbonyl (C=O) groups excluding carboxylic acids is 2. The van der Waals surface area contributed by atoms with Gasteiger partial charge in [-0.25, -0.2) is 0 Å². The summed E-state index contributed by atoms with van der Waals surface area (Å²) in [7, 11) is 1.37. The summed E-state index contributed by atoms with van der Waals surface area (Å²) < 4.78 is 4.67. The van der Waals surface area contributed by atoms with E-state index in [0.717, 1.165) is 12.8 Å². The van der Waals surface area contributed by atoms with Gasteiger partial charge in [0, 0.05) is 13.1 Å². The van der Waals surface area contributed by atoms with Crippen molar-refractivity contribution in [2.45, 2.75) is 25.8 Å². The van der Waals surface area contributed by atoms with Crippen LogP contribution in [0.1, 0.15) is 19.8 Å². The van der Waals surface area contributed by atoms with Crippen molar-refractivity contribution in [1.82, 2.24) is 4.90 Å². The van der Waals surface area contributed by atoms with Crippen LogP contribution in [-0.4, -0.2) is 43.0 Å². The molecule has 86 valence electrons. The Labute approximate surface area is 89.6 Å². The van der Waals surface area contributed by atoms with Gasteiger partial charge in [-0.1, -0.05) is 0 Å². The molecule has 0 radical (unpaired) electrons. The Kier molecular flexibility index (Phi) is 4.08. The fourth-order valence-corrected chi connectivity index (χ4v) is 1.82. The number of likely N-dealkylation sites (tertiary alicyclic amines) is 1. The normalized spacial score (nSPS) is 23.4. The van der Waals surface area contributed by atoms with E-state index >= 15 is 0 Å². The molecule has 0 spiro atoms. The number of esters is 1. The molecule has 1 heterocycles. The van der Waals surface area contributed by atoms with Gasteiger partial charge in [0.15, 0.2) is 0 Å². The minimum atomic E-state index is -0.499.